The van der Waals surface area contributed by atoms with Gasteiger partial charge in [-0.1, -0.05) is 23.2 Å². The third-order valence-corrected chi connectivity index (χ3v) is 3.86. The van der Waals surface area contributed by atoms with Crippen LogP contribution in [0.3, 0.4) is 0 Å². The molecule has 0 unspecified atom stereocenters. The van der Waals surface area contributed by atoms with Crippen LogP contribution < -0.4 is 4.74 Å². The molecule has 21 heavy (non-hydrogen) atoms. The Morgan fingerprint density at radius 2 is 1.76 bits per heavy atom. The number of halogens is 2. The van der Waals surface area contributed by atoms with Gasteiger partial charge in [0.2, 0.25) is 0 Å². The van der Waals surface area contributed by atoms with Gasteiger partial charge in [-0.15, -0.1) is 0 Å². The first-order chi connectivity index (χ1) is 10.1. The summed E-state index contributed by atoms with van der Waals surface area (Å²) in [6, 6.07) is 6.80. The second-order valence-corrected chi connectivity index (χ2v) is 5.85. The SMILES string of the molecule is O=C1CCCCc2c(Oc3cc(Cl)cc(Cl)c3)ccnc21. The van der Waals surface area contributed by atoms with E-state index in [0.29, 0.717) is 33.7 Å². The molecule has 3 nitrogen and oxygen atoms in total. The number of nitrogens with zero attached hydrogens (tertiary/aromatic N) is 1. The largest absolute Gasteiger partial charge is 0.457 e. The van der Waals surface area contributed by atoms with E-state index in [1.54, 1.807) is 30.5 Å². The number of benzene rings is 1. The number of rotatable bonds is 2. The van der Waals surface area contributed by atoms with Gasteiger partial charge in [0, 0.05) is 28.2 Å². The van der Waals surface area contributed by atoms with Crippen molar-refractivity contribution in [2.75, 3.05) is 0 Å². The second kappa shape index (κ2) is 6.04. The van der Waals surface area contributed by atoms with Crippen molar-refractivity contribution in [2.45, 2.75) is 25.7 Å². The number of aromatic nitrogens is 1. The molecule has 0 fully saturated rings. The predicted octanol–water partition coefficient (Wildman–Crippen LogP) is 5.09. The van der Waals surface area contributed by atoms with Gasteiger partial charge in [0.15, 0.2) is 5.78 Å². The molecule has 1 heterocycles. The standard InChI is InChI=1S/C16H13Cl2NO2/c17-10-7-11(18)9-12(8-10)21-15-5-6-19-16-13(15)3-1-2-4-14(16)20/h5-9H,1-4H2. The molecule has 0 aliphatic heterocycles. The first-order valence-corrected chi connectivity index (χ1v) is 7.54. The van der Waals surface area contributed by atoms with Crippen LogP contribution in [0.25, 0.3) is 0 Å². The van der Waals surface area contributed by atoms with Gasteiger partial charge in [-0.05, 0) is 43.5 Å². The summed E-state index contributed by atoms with van der Waals surface area (Å²) in [7, 11) is 0. The molecule has 0 radical (unpaired) electrons. The summed E-state index contributed by atoms with van der Waals surface area (Å²) in [5.41, 5.74) is 1.40. The molecule has 0 amide bonds. The third kappa shape index (κ3) is 3.20. The normalized spacial score (nSPS) is 14.5. The average Bonchev–Trinajstić information content (AvgIpc) is 2.61. The summed E-state index contributed by atoms with van der Waals surface area (Å²) in [5.74, 6) is 1.28. The van der Waals surface area contributed by atoms with Crippen molar-refractivity contribution in [1.82, 2.24) is 4.98 Å². The number of Topliss-reactive ketones (excluding diaryl/α,β-unsaturated/α-hetero) is 1. The van der Waals surface area contributed by atoms with Gasteiger partial charge >= 0.3 is 0 Å². The monoisotopic (exact) mass is 321 g/mol. The summed E-state index contributed by atoms with van der Waals surface area (Å²) in [6.45, 7) is 0. The van der Waals surface area contributed by atoms with Crippen LogP contribution in [-0.4, -0.2) is 10.8 Å². The Balaban J connectivity index is 1.99. The molecule has 108 valence electrons. The number of fused-ring (bicyclic) bond motifs is 1. The van der Waals surface area contributed by atoms with E-state index >= 15 is 0 Å². The topological polar surface area (TPSA) is 39.2 Å². The van der Waals surface area contributed by atoms with Crippen LogP contribution in [0.2, 0.25) is 10.0 Å². The van der Waals surface area contributed by atoms with Gasteiger partial charge in [-0.2, -0.15) is 0 Å². The highest BCUT2D eigenvalue weighted by molar-refractivity contribution is 6.34. The highest BCUT2D eigenvalue weighted by Crippen LogP contribution is 2.33. The van der Waals surface area contributed by atoms with Crippen molar-refractivity contribution in [3.63, 3.8) is 0 Å². The van der Waals surface area contributed by atoms with Gasteiger partial charge in [-0.3, -0.25) is 9.78 Å². The van der Waals surface area contributed by atoms with Crippen LogP contribution in [-0.2, 0) is 6.42 Å². The Bertz CT molecular complexity index is 680. The molecule has 0 saturated heterocycles. The Morgan fingerprint density at radius 1 is 1.05 bits per heavy atom. The van der Waals surface area contributed by atoms with Crippen molar-refractivity contribution >= 4 is 29.0 Å². The Morgan fingerprint density at radius 3 is 2.52 bits per heavy atom. The first-order valence-electron chi connectivity index (χ1n) is 6.78. The van der Waals surface area contributed by atoms with E-state index in [1.165, 1.54) is 0 Å². The number of carbonyl (C=O) groups is 1. The molecule has 2 aromatic rings. The van der Waals surface area contributed by atoms with E-state index in [4.69, 9.17) is 27.9 Å². The first kappa shape index (κ1) is 14.4. The minimum absolute atomic E-state index is 0.0806. The lowest BCUT2D eigenvalue weighted by Gasteiger charge is -2.12. The number of carbonyl (C=O) groups excluding carboxylic acids is 1. The summed E-state index contributed by atoms with van der Waals surface area (Å²) in [6.07, 6.45) is 4.78. The number of ketones is 1. The van der Waals surface area contributed by atoms with Crippen LogP contribution in [0.1, 0.15) is 35.3 Å². The van der Waals surface area contributed by atoms with Gasteiger partial charge < -0.3 is 4.74 Å². The summed E-state index contributed by atoms with van der Waals surface area (Å²) in [5, 5.41) is 1.02. The smallest absolute Gasteiger partial charge is 0.181 e. The van der Waals surface area contributed by atoms with E-state index in [1.807, 2.05) is 0 Å². The molecule has 0 atom stereocenters. The second-order valence-electron chi connectivity index (χ2n) is 4.97. The van der Waals surface area contributed by atoms with E-state index in [-0.39, 0.29) is 5.78 Å². The molecular weight excluding hydrogens is 309 g/mol. The maximum atomic E-state index is 12.1. The lowest BCUT2D eigenvalue weighted by atomic mass is 10.1. The molecule has 0 N–H and O–H groups in total. The molecule has 1 aliphatic rings. The van der Waals surface area contributed by atoms with E-state index in [0.717, 1.165) is 24.8 Å². The molecular formula is C16H13Cl2NO2. The number of hydrogen-bond donors (Lipinski definition) is 0. The zero-order chi connectivity index (χ0) is 14.8. The van der Waals surface area contributed by atoms with Crippen LogP contribution in [0.5, 0.6) is 11.5 Å². The quantitative estimate of drug-likeness (QED) is 0.723. The highest BCUT2D eigenvalue weighted by atomic mass is 35.5. The lowest BCUT2D eigenvalue weighted by molar-refractivity contribution is 0.0977. The minimum Gasteiger partial charge on any atom is -0.457 e. The van der Waals surface area contributed by atoms with Crippen molar-refractivity contribution in [2.24, 2.45) is 0 Å². The van der Waals surface area contributed by atoms with Crippen LogP contribution in [0, 0.1) is 0 Å². The minimum atomic E-state index is 0.0806. The van der Waals surface area contributed by atoms with E-state index in [2.05, 4.69) is 4.98 Å². The fourth-order valence-corrected chi connectivity index (χ4v) is 2.98. The Labute approximate surface area is 132 Å². The Kier molecular flexibility index (Phi) is 4.13. The van der Waals surface area contributed by atoms with Gasteiger partial charge in [-0.25, -0.2) is 0 Å². The fraction of sp³-hybridized carbons (Fsp3) is 0.250. The maximum Gasteiger partial charge on any atom is 0.181 e. The fourth-order valence-electron chi connectivity index (χ4n) is 2.47. The molecule has 1 aromatic heterocycles. The molecule has 1 aromatic carbocycles. The zero-order valence-corrected chi connectivity index (χ0v) is 12.7. The van der Waals surface area contributed by atoms with Crippen molar-refractivity contribution in [1.29, 1.82) is 0 Å². The average molecular weight is 322 g/mol. The number of ether oxygens (including phenoxy) is 1. The number of pyridine rings is 1. The van der Waals surface area contributed by atoms with Crippen molar-refractivity contribution in [3.05, 3.63) is 51.8 Å². The predicted molar refractivity (Wildman–Crippen MR) is 82.7 cm³/mol. The van der Waals surface area contributed by atoms with Crippen molar-refractivity contribution < 1.29 is 9.53 Å². The lowest BCUT2D eigenvalue weighted by Crippen LogP contribution is -2.05. The van der Waals surface area contributed by atoms with Gasteiger partial charge in [0.05, 0.1) is 0 Å². The summed E-state index contributed by atoms with van der Waals surface area (Å²) < 4.78 is 5.88. The van der Waals surface area contributed by atoms with Crippen LogP contribution >= 0.6 is 23.2 Å². The molecule has 5 heteroatoms. The zero-order valence-electron chi connectivity index (χ0n) is 11.2. The molecule has 0 spiro atoms. The maximum absolute atomic E-state index is 12.1. The molecule has 3 rings (SSSR count). The molecule has 0 saturated carbocycles. The van der Waals surface area contributed by atoms with Crippen LogP contribution in [0.4, 0.5) is 0 Å². The summed E-state index contributed by atoms with van der Waals surface area (Å²) >= 11 is 12.0. The third-order valence-electron chi connectivity index (χ3n) is 3.42. The molecule has 1 aliphatic carbocycles. The van der Waals surface area contributed by atoms with Gasteiger partial charge in [0.25, 0.3) is 0 Å². The number of hydrogen-bond acceptors (Lipinski definition) is 3. The summed E-state index contributed by atoms with van der Waals surface area (Å²) in [4.78, 5) is 16.3. The van der Waals surface area contributed by atoms with E-state index < -0.39 is 0 Å². The van der Waals surface area contributed by atoms with E-state index in [9.17, 15) is 4.79 Å². The molecule has 0 bridgehead atoms. The van der Waals surface area contributed by atoms with Crippen LogP contribution in [0.15, 0.2) is 30.5 Å². The Hall–Kier alpha value is -1.58. The van der Waals surface area contributed by atoms with Crippen molar-refractivity contribution in [3.8, 4) is 11.5 Å². The van der Waals surface area contributed by atoms with Gasteiger partial charge in [0.1, 0.15) is 17.2 Å². The highest BCUT2D eigenvalue weighted by Gasteiger charge is 2.20.